The molecule has 32 heavy (non-hydrogen) atoms. The highest BCUT2D eigenvalue weighted by Gasteiger charge is 2.22. The van der Waals surface area contributed by atoms with E-state index in [9.17, 15) is 4.79 Å². The number of likely N-dealkylation sites (N-methyl/N-ethyl adjacent to an activating group) is 1. The van der Waals surface area contributed by atoms with Crippen molar-refractivity contribution in [3.8, 4) is 0 Å². The monoisotopic (exact) mass is 454 g/mol. The number of anilines is 4. The second-order valence-corrected chi connectivity index (χ2v) is 8.86. The van der Waals surface area contributed by atoms with Crippen LogP contribution in [0.5, 0.6) is 0 Å². The van der Waals surface area contributed by atoms with E-state index < -0.39 is 0 Å². The van der Waals surface area contributed by atoms with Crippen LogP contribution >= 0.6 is 11.6 Å². The molecule has 2 N–H and O–H groups in total. The number of aromatic nitrogens is 1. The van der Waals surface area contributed by atoms with Crippen LogP contribution in [0.25, 0.3) is 0 Å². The van der Waals surface area contributed by atoms with Gasteiger partial charge in [-0.05, 0) is 50.2 Å². The first-order valence-corrected chi connectivity index (χ1v) is 11.5. The molecule has 0 aliphatic carbocycles. The van der Waals surface area contributed by atoms with Gasteiger partial charge in [0.1, 0.15) is 5.82 Å². The van der Waals surface area contributed by atoms with Gasteiger partial charge in [-0.3, -0.25) is 4.79 Å². The number of hydrogen-bond donors (Lipinski definition) is 2. The van der Waals surface area contributed by atoms with Gasteiger partial charge in [-0.15, -0.1) is 0 Å². The SMILES string of the molecule is C=CC(=O)NC1CCN(c2cc(Nc3ccc(N4CCN(C)CC4)cc3)ncc2Cl)CC1. The molecule has 1 amide bonds. The van der Waals surface area contributed by atoms with Crippen molar-refractivity contribution in [2.45, 2.75) is 18.9 Å². The Labute approximate surface area is 195 Å². The van der Waals surface area contributed by atoms with Gasteiger partial charge in [0.2, 0.25) is 5.91 Å². The van der Waals surface area contributed by atoms with Crippen LogP contribution in [0.1, 0.15) is 12.8 Å². The molecule has 2 saturated heterocycles. The molecule has 7 nitrogen and oxygen atoms in total. The number of pyridine rings is 1. The molecule has 0 unspecified atom stereocenters. The highest BCUT2D eigenvalue weighted by molar-refractivity contribution is 6.33. The molecule has 0 radical (unpaired) electrons. The zero-order valence-corrected chi connectivity index (χ0v) is 19.3. The molecule has 2 aliphatic rings. The molecular weight excluding hydrogens is 424 g/mol. The van der Waals surface area contributed by atoms with Crippen molar-refractivity contribution in [3.05, 3.63) is 54.2 Å². The zero-order valence-electron chi connectivity index (χ0n) is 18.6. The summed E-state index contributed by atoms with van der Waals surface area (Å²) in [6.07, 6.45) is 4.76. The van der Waals surface area contributed by atoms with Gasteiger partial charge >= 0.3 is 0 Å². The van der Waals surface area contributed by atoms with Crippen LogP contribution in [0.15, 0.2) is 49.2 Å². The van der Waals surface area contributed by atoms with Gasteiger partial charge in [0.15, 0.2) is 0 Å². The van der Waals surface area contributed by atoms with Gasteiger partial charge in [-0.1, -0.05) is 18.2 Å². The first-order valence-electron chi connectivity index (χ1n) is 11.2. The third kappa shape index (κ3) is 5.53. The Hall–Kier alpha value is -2.77. The second kappa shape index (κ2) is 10.2. The zero-order chi connectivity index (χ0) is 22.5. The summed E-state index contributed by atoms with van der Waals surface area (Å²) in [4.78, 5) is 23.0. The lowest BCUT2D eigenvalue weighted by Crippen LogP contribution is -2.44. The van der Waals surface area contributed by atoms with Crippen LogP contribution in [-0.2, 0) is 4.79 Å². The summed E-state index contributed by atoms with van der Waals surface area (Å²) in [5.41, 5.74) is 3.21. The molecule has 2 aliphatic heterocycles. The Balaban J connectivity index is 1.38. The number of rotatable bonds is 6. The van der Waals surface area contributed by atoms with Crippen LogP contribution in [0.2, 0.25) is 5.02 Å². The van der Waals surface area contributed by atoms with E-state index in [0.717, 1.165) is 69.3 Å². The quantitative estimate of drug-likeness (QED) is 0.651. The molecule has 0 bridgehead atoms. The predicted octanol–water partition coefficient (Wildman–Crippen LogP) is 3.50. The number of amides is 1. The fourth-order valence-corrected chi connectivity index (χ4v) is 4.45. The molecule has 2 fully saturated rings. The summed E-state index contributed by atoms with van der Waals surface area (Å²) in [5, 5.41) is 7.02. The van der Waals surface area contributed by atoms with Gasteiger partial charge in [0.05, 0.1) is 16.9 Å². The maximum absolute atomic E-state index is 11.5. The fourth-order valence-electron chi connectivity index (χ4n) is 4.23. The summed E-state index contributed by atoms with van der Waals surface area (Å²) >= 11 is 6.47. The van der Waals surface area contributed by atoms with Crippen LogP contribution in [0, 0.1) is 0 Å². The molecule has 0 spiro atoms. The maximum Gasteiger partial charge on any atom is 0.243 e. The Morgan fingerprint density at radius 1 is 1.09 bits per heavy atom. The minimum absolute atomic E-state index is 0.115. The number of carbonyl (C=O) groups is 1. The van der Waals surface area contributed by atoms with Crippen LogP contribution in [0.3, 0.4) is 0 Å². The first kappa shape index (κ1) is 22.4. The lowest BCUT2D eigenvalue weighted by molar-refractivity contribution is -0.117. The maximum atomic E-state index is 11.5. The van der Waals surface area contributed by atoms with E-state index in [1.807, 2.05) is 6.07 Å². The number of halogens is 1. The average Bonchev–Trinajstić information content (AvgIpc) is 2.82. The minimum atomic E-state index is -0.115. The molecule has 1 aromatic heterocycles. The van der Waals surface area contributed by atoms with Crippen LogP contribution < -0.4 is 20.4 Å². The highest BCUT2D eigenvalue weighted by atomic mass is 35.5. The standard InChI is InChI=1S/C24H31ClN6O/c1-3-24(32)28-19-8-10-31(11-9-19)22-16-23(26-17-21(22)25)27-18-4-6-20(7-5-18)30-14-12-29(2)13-15-30/h3-7,16-17,19H,1,8-15H2,2H3,(H,26,27)(H,28,32). The van der Waals surface area contributed by atoms with E-state index in [2.05, 4.69) is 68.2 Å². The first-order chi connectivity index (χ1) is 15.5. The molecular formula is C24H31ClN6O. The Bertz CT molecular complexity index is 934. The van der Waals surface area contributed by atoms with Crippen molar-refractivity contribution in [1.82, 2.24) is 15.2 Å². The summed E-state index contributed by atoms with van der Waals surface area (Å²) in [5.74, 6) is 0.648. The lowest BCUT2D eigenvalue weighted by atomic mass is 10.0. The van der Waals surface area contributed by atoms with Gasteiger partial charge in [0.25, 0.3) is 0 Å². The minimum Gasteiger partial charge on any atom is -0.370 e. The van der Waals surface area contributed by atoms with Crippen molar-refractivity contribution in [2.24, 2.45) is 0 Å². The van der Waals surface area contributed by atoms with Crippen molar-refractivity contribution < 1.29 is 4.79 Å². The molecule has 8 heteroatoms. The van der Waals surface area contributed by atoms with Crippen molar-refractivity contribution in [1.29, 1.82) is 0 Å². The van der Waals surface area contributed by atoms with E-state index in [1.165, 1.54) is 11.8 Å². The summed E-state index contributed by atoms with van der Waals surface area (Å²) in [6.45, 7) is 9.46. The van der Waals surface area contributed by atoms with E-state index in [0.29, 0.717) is 5.02 Å². The second-order valence-electron chi connectivity index (χ2n) is 8.46. The Kier molecular flexibility index (Phi) is 7.17. The Morgan fingerprint density at radius 3 is 2.44 bits per heavy atom. The molecule has 4 rings (SSSR count). The fraction of sp³-hybridized carbons (Fsp3) is 0.417. The van der Waals surface area contributed by atoms with Crippen molar-refractivity contribution in [2.75, 3.05) is 61.4 Å². The molecule has 0 saturated carbocycles. The third-order valence-electron chi connectivity index (χ3n) is 6.21. The molecule has 0 atom stereocenters. The van der Waals surface area contributed by atoms with E-state index >= 15 is 0 Å². The smallest absolute Gasteiger partial charge is 0.243 e. The number of piperazine rings is 1. The van der Waals surface area contributed by atoms with Crippen molar-refractivity contribution in [3.63, 3.8) is 0 Å². The average molecular weight is 455 g/mol. The molecule has 170 valence electrons. The van der Waals surface area contributed by atoms with E-state index in [-0.39, 0.29) is 11.9 Å². The normalized spacial score (nSPS) is 17.8. The third-order valence-corrected chi connectivity index (χ3v) is 6.50. The number of piperidine rings is 1. The lowest BCUT2D eigenvalue weighted by Gasteiger charge is -2.34. The number of hydrogen-bond acceptors (Lipinski definition) is 6. The number of carbonyl (C=O) groups excluding carboxylic acids is 1. The summed E-state index contributed by atoms with van der Waals surface area (Å²) in [6, 6.07) is 10.7. The largest absolute Gasteiger partial charge is 0.370 e. The van der Waals surface area contributed by atoms with Gasteiger partial charge in [0, 0.05) is 62.8 Å². The number of nitrogens with one attached hydrogen (secondary N) is 2. The van der Waals surface area contributed by atoms with E-state index in [1.54, 1.807) is 6.20 Å². The molecule has 2 aromatic rings. The summed E-state index contributed by atoms with van der Waals surface area (Å²) < 4.78 is 0. The number of nitrogens with zero attached hydrogens (tertiary/aromatic N) is 4. The van der Waals surface area contributed by atoms with Crippen LogP contribution in [0.4, 0.5) is 22.9 Å². The van der Waals surface area contributed by atoms with Gasteiger partial charge in [-0.2, -0.15) is 0 Å². The van der Waals surface area contributed by atoms with E-state index in [4.69, 9.17) is 11.6 Å². The molecule has 1 aromatic carbocycles. The highest BCUT2D eigenvalue weighted by Crippen LogP contribution is 2.31. The van der Waals surface area contributed by atoms with Crippen LogP contribution in [-0.4, -0.2) is 68.1 Å². The molecule has 3 heterocycles. The Morgan fingerprint density at radius 2 is 1.78 bits per heavy atom. The predicted molar refractivity (Wildman–Crippen MR) is 132 cm³/mol. The van der Waals surface area contributed by atoms with Gasteiger partial charge in [-0.25, -0.2) is 4.98 Å². The van der Waals surface area contributed by atoms with Crippen molar-refractivity contribution >= 4 is 40.4 Å². The summed E-state index contributed by atoms with van der Waals surface area (Å²) in [7, 11) is 2.17. The topological polar surface area (TPSA) is 63.7 Å². The number of benzene rings is 1. The van der Waals surface area contributed by atoms with Gasteiger partial charge < -0.3 is 25.3 Å².